The van der Waals surface area contributed by atoms with Crippen molar-refractivity contribution in [2.24, 2.45) is 0 Å². The van der Waals surface area contributed by atoms with Crippen molar-refractivity contribution in [3.8, 4) is 5.82 Å². The maximum Gasteiger partial charge on any atom is 0.320 e. The first-order valence-corrected chi connectivity index (χ1v) is 12.5. The Morgan fingerprint density at radius 2 is 1.87 bits per heavy atom. The van der Waals surface area contributed by atoms with Crippen LogP contribution in [0.5, 0.6) is 0 Å². The molecule has 1 aliphatic rings. The van der Waals surface area contributed by atoms with E-state index in [0.29, 0.717) is 32.0 Å². The number of nitrogens with one attached hydrogen (secondary N) is 2. The molecule has 4 aromatic heterocycles. The van der Waals surface area contributed by atoms with Gasteiger partial charge in [-0.05, 0) is 50.1 Å². The van der Waals surface area contributed by atoms with Crippen LogP contribution in [0.1, 0.15) is 29.8 Å². The second-order valence-corrected chi connectivity index (χ2v) is 9.55. The highest BCUT2D eigenvalue weighted by Crippen LogP contribution is 2.24. The summed E-state index contributed by atoms with van der Waals surface area (Å²) < 4.78 is 14.6. The second kappa shape index (κ2) is 10.5. The largest absolute Gasteiger partial charge is 0.353 e. The van der Waals surface area contributed by atoms with E-state index in [-0.39, 0.29) is 12.1 Å². The molecule has 11 nitrogen and oxygen atoms in total. The number of hydrogen-bond donors (Lipinski definition) is 2. The second-order valence-electron chi connectivity index (χ2n) is 9.55. The summed E-state index contributed by atoms with van der Waals surface area (Å²) in [6.45, 7) is 8.50. The highest BCUT2D eigenvalue weighted by Gasteiger charge is 2.27. The topological polar surface area (TPSA) is 111 Å². The monoisotopic (exact) mass is 518 g/mol. The lowest BCUT2D eigenvalue weighted by Gasteiger charge is -2.38. The van der Waals surface area contributed by atoms with Gasteiger partial charge >= 0.3 is 6.03 Å². The van der Waals surface area contributed by atoms with Gasteiger partial charge < -0.3 is 20.0 Å². The molecule has 1 atom stereocenters. The fraction of sp³-hybridized carbons (Fsp3) is 0.346. The number of halogens is 1. The van der Waals surface area contributed by atoms with E-state index in [1.807, 2.05) is 43.9 Å². The summed E-state index contributed by atoms with van der Waals surface area (Å²) in [5.74, 6) is 2.42. The Kier molecular flexibility index (Phi) is 6.95. The third kappa shape index (κ3) is 5.43. The van der Waals surface area contributed by atoms with Gasteiger partial charge in [-0.3, -0.25) is 5.10 Å². The number of nitrogens with zero attached hydrogens (tertiary/aromatic N) is 8. The maximum absolute atomic E-state index is 13.3. The van der Waals surface area contributed by atoms with E-state index in [1.54, 1.807) is 24.2 Å². The zero-order valence-electron chi connectivity index (χ0n) is 21.9. The summed E-state index contributed by atoms with van der Waals surface area (Å²) in [6, 6.07) is 9.39. The number of carbonyl (C=O) groups is 1. The number of carbonyl (C=O) groups excluding carboxylic acids is 1. The number of aromatic amines is 1. The van der Waals surface area contributed by atoms with Crippen molar-refractivity contribution >= 4 is 23.5 Å². The molecule has 4 aromatic rings. The maximum atomic E-state index is 13.3. The average Bonchev–Trinajstić information content (AvgIpc) is 3.54. The molecule has 2 amide bonds. The van der Waals surface area contributed by atoms with Crippen molar-refractivity contribution in [2.45, 2.75) is 26.8 Å². The quantitative estimate of drug-likeness (QED) is 0.399. The summed E-state index contributed by atoms with van der Waals surface area (Å²) in [5, 5.41) is 14.3. The van der Waals surface area contributed by atoms with E-state index >= 15 is 0 Å². The van der Waals surface area contributed by atoms with Gasteiger partial charge in [-0.1, -0.05) is 6.07 Å². The Morgan fingerprint density at radius 1 is 1.08 bits per heavy atom. The molecule has 1 aliphatic heterocycles. The molecule has 5 rings (SSSR count). The van der Waals surface area contributed by atoms with Crippen LogP contribution in [0.25, 0.3) is 5.82 Å². The Labute approximate surface area is 220 Å². The lowest BCUT2D eigenvalue weighted by atomic mass is 10.1. The molecule has 38 heavy (non-hydrogen) atoms. The van der Waals surface area contributed by atoms with Gasteiger partial charge in [0, 0.05) is 51.2 Å². The van der Waals surface area contributed by atoms with Gasteiger partial charge in [-0.15, -0.1) is 0 Å². The Hall–Kier alpha value is -4.48. The molecule has 12 heteroatoms. The van der Waals surface area contributed by atoms with Crippen LogP contribution in [0.3, 0.4) is 0 Å². The first kappa shape index (κ1) is 25.2. The standard InChI is InChI=1S/C26H31FN10O/c1-17-11-22(30-23-13-18(2)32-33-23)31-25(12-17)35-7-9-36(10-8-35)26(38)34(4)19(3)20-5-6-24(28-14-20)37-16-21(27)15-29-37/h5-6,11-16,19H,7-10H2,1-4H3,(H2,30,31,32,33). The molecule has 2 N–H and O–H groups in total. The number of anilines is 3. The molecule has 1 fully saturated rings. The fourth-order valence-corrected chi connectivity index (χ4v) is 4.43. The minimum Gasteiger partial charge on any atom is -0.353 e. The molecule has 198 valence electrons. The summed E-state index contributed by atoms with van der Waals surface area (Å²) in [5.41, 5.74) is 2.95. The van der Waals surface area contributed by atoms with Gasteiger partial charge in [0.1, 0.15) is 11.6 Å². The Balaban J connectivity index is 1.19. The first-order chi connectivity index (χ1) is 18.3. The molecule has 0 aromatic carbocycles. The summed E-state index contributed by atoms with van der Waals surface area (Å²) in [4.78, 5) is 28.2. The fourth-order valence-electron chi connectivity index (χ4n) is 4.43. The van der Waals surface area contributed by atoms with Gasteiger partial charge in [-0.25, -0.2) is 23.8 Å². The molecule has 0 aliphatic carbocycles. The minimum absolute atomic E-state index is 0.0381. The zero-order chi connectivity index (χ0) is 26.8. The SMILES string of the molecule is Cc1cc(Nc2cc(C)[nH]n2)nc(N2CCN(C(=O)N(C)C(C)c3ccc(-n4cc(F)cn4)nc3)CC2)c1. The summed E-state index contributed by atoms with van der Waals surface area (Å²) in [7, 11) is 1.80. The highest BCUT2D eigenvalue weighted by molar-refractivity contribution is 5.75. The van der Waals surface area contributed by atoms with E-state index in [9.17, 15) is 9.18 Å². The predicted octanol–water partition coefficient (Wildman–Crippen LogP) is 3.82. The van der Waals surface area contributed by atoms with Crippen molar-refractivity contribution in [3.63, 3.8) is 0 Å². The van der Waals surface area contributed by atoms with Crippen LogP contribution in [0, 0.1) is 19.7 Å². The molecule has 5 heterocycles. The number of piperazine rings is 1. The number of hydrogen-bond acceptors (Lipinski definition) is 7. The van der Waals surface area contributed by atoms with Gasteiger partial charge in [0.15, 0.2) is 17.5 Å². The number of amides is 2. The van der Waals surface area contributed by atoms with Crippen molar-refractivity contribution in [2.75, 3.05) is 43.4 Å². The average molecular weight is 519 g/mol. The van der Waals surface area contributed by atoms with Crippen LogP contribution >= 0.6 is 0 Å². The third-order valence-electron chi connectivity index (χ3n) is 6.71. The number of aromatic nitrogens is 6. The van der Waals surface area contributed by atoms with Crippen molar-refractivity contribution < 1.29 is 9.18 Å². The van der Waals surface area contributed by atoms with Crippen LogP contribution < -0.4 is 10.2 Å². The first-order valence-electron chi connectivity index (χ1n) is 12.5. The molecule has 0 radical (unpaired) electrons. The molecule has 0 spiro atoms. The van der Waals surface area contributed by atoms with Gasteiger partial charge in [0.25, 0.3) is 0 Å². The number of H-pyrrole nitrogens is 1. The highest BCUT2D eigenvalue weighted by atomic mass is 19.1. The lowest BCUT2D eigenvalue weighted by molar-refractivity contribution is 0.146. The van der Waals surface area contributed by atoms with Crippen LogP contribution in [0.2, 0.25) is 0 Å². The number of urea groups is 1. The van der Waals surface area contributed by atoms with Gasteiger partial charge in [0.2, 0.25) is 0 Å². The lowest BCUT2D eigenvalue weighted by Crippen LogP contribution is -2.52. The van der Waals surface area contributed by atoms with Crippen LogP contribution in [-0.2, 0) is 0 Å². The third-order valence-corrected chi connectivity index (χ3v) is 6.71. The van der Waals surface area contributed by atoms with E-state index in [2.05, 4.69) is 36.6 Å². The van der Waals surface area contributed by atoms with E-state index in [1.165, 1.54) is 10.9 Å². The van der Waals surface area contributed by atoms with Crippen LogP contribution in [0.4, 0.5) is 26.6 Å². The Bertz CT molecular complexity index is 1410. The number of pyridine rings is 2. The van der Waals surface area contributed by atoms with Crippen LogP contribution in [-0.4, -0.2) is 79.0 Å². The molecule has 0 saturated carbocycles. The molecule has 1 unspecified atom stereocenters. The predicted molar refractivity (Wildman–Crippen MR) is 142 cm³/mol. The van der Waals surface area contributed by atoms with Crippen molar-refractivity contribution in [3.05, 3.63) is 71.6 Å². The number of rotatable bonds is 6. The van der Waals surface area contributed by atoms with E-state index in [0.717, 1.165) is 40.5 Å². The van der Waals surface area contributed by atoms with E-state index in [4.69, 9.17) is 4.98 Å². The Morgan fingerprint density at radius 3 is 2.50 bits per heavy atom. The molecular weight excluding hydrogens is 487 g/mol. The van der Waals surface area contributed by atoms with Gasteiger partial charge in [0.05, 0.1) is 18.4 Å². The molecule has 1 saturated heterocycles. The normalized spacial score (nSPS) is 14.4. The zero-order valence-corrected chi connectivity index (χ0v) is 21.9. The number of aryl methyl sites for hydroxylation is 2. The summed E-state index contributed by atoms with van der Waals surface area (Å²) >= 11 is 0. The van der Waals surface area contributed by atoms with Crippen molar-refractivity contribution in [1.29, 1.82) is 0 Å². The van der Waals surface area contributed by atoms with Crippen molar-refractivity contribution in [1.82, 2.24) is 39.7 Å². The summed E-state index contributed by atoms with van der Waals surface area (Å²) in [6.07, 6.45) is 4.10. The van der Waals surface area contributed by atoms with Crippen LogP contribution in [0.15, 0.2) is 48.9 Å². The van der Waals surface area contributed by atoms with Gasteiger partial charge in [-0.2, -0.15) is 10.2 Å². The minimum atomic E-state index is -0.422. The molecular formula is C26H31FN10O. The smallest absolute Gasteiger partial charge is 0.320 e. The van der Waals surface area contributed by atoms with E-state index < -0.39 is 5.82 Å². The molecule has 0 bridgehead atoms.